The molecule has 6 nitrogen and oxygen atoms in total. The first-order valence-electron chi connectivity index (χ1n) is 11.1. The molecule has 1 atom stereocenters. The summed E-state index contributed by atoms with van der Waals surface area (Å²) < 4.78 is 54.9. The van der Waals surface area contributed by atoms with E-state index in [9.17, 15) is 23.1 Å². The van der Waals surface area contributed by atoms with Crippen molar-refractivity contribution in [3.63, 3.8) is 0 Å². The number of aliphatic hydroxyl groups excluding tert-OH is 1. The van der Waals surface area contributed by atoms with Crippen molar-refractivity contribution in [1.29, 1.82) is 0 Å². The first-order chi connectivity index (χ1) is 17.2. The highest BCUT2D eigenvalue weighted by atomic mass is 19.4. The molecule has 36 heavy (non-hydrogen) atoms. The topological polar surface area (TPSA) is 80.9 Å². The van der Waals surface area contributed by atoms with Crippen LogP contribution in [-0.2, 0) is 12.7 Å². The molecule has 0 radical (unpaired) electrons. The van der Waals surface area contributed by atoms with Crippen LogP contribution >= 0.6 is 0 Å². The van der Waals surface area contributed by atoms with E-state index < -0.39 is 17.8 Å². The van der Waals surface area contributed by atoms with E-state index in [2.05, 4.69) is 5.32 Å². The van der Waals surface area contributed by atoms with Crippen molar-refractivity contribution in [3.05, 3.63) is 94.3 Å². The van der Waals surface area contributed by atoms with Crippen molar-refractivity contribution >= 4 is 11.0 Å². The molecule has 0 aliphatic carbocycles. The minimum Gasteiger partial charge on any atom is -0.497 e. The highest BCUT2D eigenvalue weighted by Gasteiger charge is 2.30. The maximum atomic E-state index is 12.9. The smallest absolute Gasteiger partial charge is 0.416 e. The van der Waals surface area contributed by atoms with Crippen LogP contribution in [0.25, 0.3) is 22.1 Å². The van der Waals surface area contributed by atoms with Gasteiger partial charge < -0.3 is 24.3 Å². The highest BCUT2D eigenvalue weighted by molar-refractivity contribution is 5.82. The molecule has 0 aliphatic rings. The second-order valence-electron chi connectivity index (χ2n) is 8.16. The van der Waals surface area contributed by atoms with Crippen LogP contribution in [0.15, 0.2) is 82.2 Å². The van der Waals surface area contributed by atoms with Gasteiger partial charge in [-0.15, -0.1) is 0 Å². The third-order valence-corrected chi connectivity index (χ3v) is 5.55. The van der Waals surface area contributed by atoms with Gasteiger partial charge in [0.2, 0.25) is 0 Å². The fraction of sp³-hybridized carbons (Fsp3) is 0.222. The van der Waals surface area contributed by atoms with Crippen molar-refractivity contribution in [2.45, 2.75) is 18.8 Å². The van der Waals surface area contributed by atoms with Gasteiger partial charge in [-0.2, -0.15) is 13.2 Å². The number of alkyl halides is 3. The van der Waals surface area contributed by atoms with Gasteiger partial charge in [0.05, 0.1) is 23.6 Å². The summed E-state index contributed by atoms with van der Waals surface area (Å²) in [5.74, 6) is 1.08. The Morgan fingerprint density at radius 3 is 2.50 bits per heavy atom. The molecule has 0 saturated heterocycles. The van der Waals surface area contributed by atoms with Crippen LogP contribution < -0.4 is 20.2 Å². The first kappa shape index (κ1) is 25.3. The lowest BCUT2D eigenvalue weighted by Crippen LogP contribution is -2.31. The zero-order chi connectivity index (χ0) is 25.7. The summed E-state index contributed by atoms with van der Waals surface area (Å²) in [4.78, 5) is 12.9. The lowest BCUT2D eigenvalue weighted by molar-refractivity contribution is -0.137. The number of halogens is 3. The molecule has 0 unspecified atom stereocenters. The second-order valence-corrected chi connectivity index (χ2v) is 8.16. The van der Waals surface area contributed by atoms with Gasteiger partial charge in [0.1, 0.15) is 36.1 Å². The van der Waals surface area contributed by atoms with Gasteiger partial charge in [-0.05, 0) is 41.5 Å². The largest absolute Gasteiger partial charge is 0.497 e. The molecule has 188 valence electrons. The van der Waals surface area contributed by atoms with Crippen LogP contribution in [0.5, 0.6) is 11.5 Å². The SMILES string of the molecule is COc1ccc(-c2coc3cc(OC[C@@H](O)CNCc4cccc(C(F)(F)F)c4)ccc3c2=O)cc1. The third kappa shape index (κ3) is 6.05. The highest BCUT2D eigenvalue weighted by Crippen LogP contribution is 2.29. The molecule has 4 rings (SSSR count). The number of methoxy groups -OCH3 is 1. The van der Waals surface area contributed by atoms with E-state index in [-0.39, 0.29) is 25.1 Å². The number of hydrogen-bond acceptors (Lipinski definition) is 6. The fourth-order valence-corrected chi connectivity index (χ4v) is 3.66. The molecule has 0 amide bonds. The monoisotopic (exact) mass is 499 g/mol. The number of ether oxygens (including phenoxy) is 2. The molecular weight excluding hydrogens is 475 g/mol. The summed E-state index contributed by atoms with van der Waals surface area (Å²) in [7, 11) is 1.56. The average Bonchev–Trinajstić information content (AvgIpc) is 2.87. The van der Waals surface area contributed by atoms with E-state index in [4.69, 9.17) is 13.9 Å². The number of aliphatic hydroxyl groups is 1. The van der Waals surface area contributed by atoms with E-state index in [1.54, 1.807) is 55.6 Å². The van der Waals surface area contributed by atoms with E-state index in [1.807, 2.05) is 0 Å². The Morgan fingerprint density at radius 1 is 1.03 bits per heavy atom. The summed E-state index contributed by atoms with van der Waals surface area (Å²) in [6.45, 7) is 0.220. The van der Waals surface area contributed by atoms with Gasteiger partial charge in [-0.1, -0.05) is 30.3 Å². The Bertz CT molecular complexity index is 1380. The van der Waals surface area contributed by atoms with Gasteiger partial charge in [0.15, 0.2) is 5.43 Å². The Labute approximate surface area is 204 Å². The molecular formula is C27H24F3NO5. The maximum Gasteiger partial charge on any atom is 0.416 e. The average molecular weight is 499 g/mol. The lowest BCUT2D eigenvalue weighted by atomic mass is 10.1. The minimum atomic E-state index is -4.40. The van der Waals surface area contributed by atoms with E-state index in [0.29, 0.717) is 39.2 Å². The predicted octanol–water partition coefficient (Wildman–Crippen LogP) is 5.02. The summed E-state index contributed by atoms with van der Waals surface area (Å²) in [6, 6.07) is 16.8. The van der Waals surface area contributed by atoms with Crippen molar-refractivity contribution in [2.75, 3.05) is 20.3 Å². The zero-order valence-electron chi connectivity index (χ0n) is 19.3. The van der Waals surface area contributed by atoms with Gasteiger partial charge in [-0.25, -0.2) is 0 Å². The van der Waals surface area contributed by atoms with Crippen LogP contribution in [0.3, 0.4) is 0 Å². The van der Waals surface area contributed by atoms with Gasteiger partial charge in [-0.3, -0.25) is 4.79 Å². The van der Waals surface area contributed by atoms with Crippen LogP contribution in [0.2, 0.25) is 0 Å². The number of hydrogen-bond donors (Lipinski definition) is 2. The summed E-state index contributed by atoms with van der Waals surface area (Å²) in [5.41, 5.74) is 1.01. The molecule has 0 bridgehead atoms. The Kier molecular flexibility index (Phi) is 7.61. The quantitative estimate of drug-likeness (QED) is 0.337. The number of nitrogens with one attached hydrogen (secondary N) is 1. The molecule has 3 aromatic carbocycles. The summed E-state index contributed by atoms with van der Waals surface area (Å²) >= 11 is 0. The zero-order valence-corrected chi connectivity index (χ0v) is 19.3. The van der Waals surface area contributed by atoms with Crippen LogP contribution in [0, 0.1) is 0 Å². The molecule has 1 aromatic heterocycles. The van der Waals surface area contributed by atoms with Gasteiger partial charge in [0, 0.05) is 19.2 Å². The number of fused-ring (bicyclic) bond motifs is 1. The van der Waals surface area contributed by atoms with Crippen LogP contribution in [0.4, 0.5) is 13.2 Å². The molecule has 9 heteroatoms. The normalized spacial score (nSPS) is 12.5. The molecule has 0 fully saturated rings. The summed E-state index contributed by atoms with van der Waals surface area (Å²) in [6.07, 6.45) is -3.92. The van der Waals surface area contributed by atoms with E-state index in [1.165, 1.54) is 12.3 Å². The van der Waals surface area contributed by atoms with Crippen molar-refractivity contribution < 1.29 is 32.2 Å². The van der Waals surface area contributed by atoms with Crippen LogP contribution in [-0.4, -0.2) is 31.5 Å². The van der Waals surface area contributed by atoms with Crippen molar-refractivity contribution in [2.24, 2.45) is 0 Å². The standard InChI is InChI=1S/C27H24F3NO5/c1-34-21-7-5-18(6-8-21)24-16-36-25-12-22(9-10-23(25)26(24)33)35-15-20(32)14-31-13-17-3-2-4-19(11-17)27(28,29)30/h2-12,16,20,31-32H,13-15H2,1H3/t20-/m0/s1. The second kappa shape index (κ2) is 10.8. The molecule has 2 N–H and O–H groups in total. The van der Waals surface area contributed by atoms with E-state index >= 15 is 0 Å². The minimum absolute atomic E-state index is 0.0603. The van der Waals surface area contributed by atoms with E-state index in [0.717, 1.165) is 12.1 Å². The predicted molar refractivity (Wildman–Crippen MR) is 129 cm³/mol. The molecule has 1 heterocycles. The van der Waals surface area contributed by atoms with Crippen LogP contribution in [0.1, 0.15) is 11.1 Å². The maximum absolute atomic E-state index is 12.9. The first-order valence-corrected chi connectivity index (χ1v) is 11.1. The Hall–Kier alpha value is -3.82. The molecule has 0 spiro atoms. The van der Waals surface area contributed by atoms with Gasteiger partial charge in [0.25, 0.3) is 0 Å². The Balaban J connectivity index is 1.34. The fourth-order valence-electron chi connectivity index (χ4n) is 3.66. The molecule has 4 aromatic rings. The van der Waals surface area contributed by atoms with Gasteiger partial charge >= 0.3 is 6.18 Å². The van der Waals surface area contributed by atoms with Crippen molar-refractivity contribution in [1.82, 2.24) is 5.32 Å². The molecule has 0 aliphatic heterocycles. The third-order valence-electron chi connectivity index (χ3n) is 5.55. The molecule has 0 saturated carbocycles. The number of benzene rings is 3. The Morgan fingerprint density at radius 2 is 1.78 bits per heavy atom. The number of rotatable bonds is 9. The summed E-state index contributed by atoms with van der Waals surface area (Å²) in [5, 5.41) is 13.5. The van der Waals surface area contributed by atoms with Crippen molar-refractivity contribution in [3.8, 4) is 22.6 Å². The lowest BCUT2D eigenvalue weighted by Gasteiger charge is -2.14.